The van der Waals surface area contributed by atoms with Crippen molar-refractivity contribution >= 4 is 29.3 Å². The minimum Gasteiger partial charge on any atom is -0.368 e. The smallest absolute Gasteiger partial charge is 0.328 e. The van der Waals surface area contributed by atoms with Crippen LogP contribution in [0.15, 0.2) is 121 Å². The predicted molar refractivity (Wildman–Crippen MR) is 216 cm³/mol. The van der Waals surface area contributed by atoms with Crippen LogP contribution in [0.1, 0.15) is 56.1 Å². The first kappa shape index (κ1) is 39.1. The summed E-state index contributed by atoms with van der Waals surface area (Å²) in [5.74, 6) is 0.159. The highest BCUT2D eigenvalue weighted by Gasteiger charge is 2.24. The highest BCUT2D eigenvalue weighted by atomic mass is 19.1. The molecule has 3 N–H and O–H groups in total. The van der Waals surface area contributed by atoms with Crippen LogP contribution in [0.4, 0.5) is 30.9 Å². The fourth-order valence-electron chi connectivity index (χ4n) is 6.08. The maximum Gasteiger partial charge on any atom is 0.328 e. The van der Waals surface area contributed by atoms with Gasteiger partial charge in [0.25, 0.3) is 5.91 Å². The van der Waals surface area contributed by atoms with Gasteiger partial charge in [-0.2, -0.15) is 0 Å². The van der Waals surface area contributed by atoms with E-state index in [1.54, 1.807) is 67.6 Å². The van der Waals surface area contributed by atoms with Crippen LogP contribution in [0.5, 0.6) is 0 Å². The SMILES string of the molecule is CCN(C(=O)Nc1cccc(-c2ccc(NCC(C)(C)c3ccc(F)cc3)nn2)c1)C(=O)c1cccc(-c2ccc(NCC(C)(C)c3ccc(F)cc3)nn2)c1. The van der Waals surface area contributed by atoms with Crippen LogP contribution in [0.2, 0.25) is 0 Å². The van der Waals surface area contributed by atoms with Crippen molar-refractivity contribution in [2.45, 2.75) is 45.4 Å². The van der Waals surface area contributed by atoms with E-state index >= 15 is 0 Å². The summed E-state index contributed by atoms with van der Waals surface area (Å²) >= 11 is 0. The van der Waals surface area contributed by atoms with E-state index in [-0.39, 0.29) is 29.0 Å². The Morgan fingerprint density at radius 1 is 0.607 bits per heavy atom. The van der Waals surface area contributed by atoms with Gasteiger partial charge in [0, 0.05) is 52.8 Å². The molecule has 0 unspecified atom stereocenters. The highest BCUT2D eigenvalue weighted by molar-refractivity contribution is 6.08. The molecule has 0 saturated carbocycles. The molecule has 4 aromatic carbocycles. The number of anilines is 3. The number of amides is 3. The molecule has 0 aliphatic heterocycles. The van der Waals surface area contributed by atoms with Gasteiger partial charge in [-0.05, 0) is 90.8 Å². The molecular weight excluding hydrogens is 711 g/mol. The summed E-state index contributed by atoms with van der Waals surface area (Å²) in [5, 5.41) is 26.9. The maximum absolute atomic E-state index is 13.6. The van der Waals surface area contributed by atoms with E-state index in [1.165, 1.54) is 24.3 Å². The van der Waals surface area contributed by atoms with Gasteiger partial charge >= 0.3 is 6.03 Å². The lowest BCUT2D eigenvalue weighted by atomic mass is 9.84. The second kappa shape index (κ2) is 16.8. The zero-order chi connectivity index (χ0) is 39.9. The molecule has 56 heavy (non-hydrogen) atoms. The Hall–Kier alpha value is -6.56. The van der Waals surface area contributed by atoms with Gasteiger partial charge in [0.1, 0.15) is 23.3 Å². The Balaban J connectivity index is 1.06. The third kappa shape index (κ3) is 9.56. The number of benzene rings is 4. The van der Waals surface area contributed by atoms with E-state index in [4.69, 9.17) is 0 Å². The Morgan fingerprint density at radius 3 is 1.55 bits per heavy atom. The second-order valence-corrected chi connectivity index (χ2v) is 14.7. The standard InChI is InChI=1S/C44H44F2N8O2/c1-6-54(41(55)31-11-7-9-29(25-31)37-21-23-39(52-50-37)47-27-43(2,3)32-13-17-34(45)18-14-32)42(56)49-36-12-8-10-30(26-36)38-22-24-40(53-51-38)48-28-44(4,5)33-15-19-35(46)20-16-33/h7-26H,6,27-28H2,1-5H3,(H,47,52)(H,48,53)(H,49,56). The summed E-state index contributed by atoms with van der Waals surface area (Å²) in [7, 11) is 0. The minimum atomic E-state index is -0.576. The Morgan fingerprint density at radius 2 is 1.09 bits per heavy atom. The lowest BCUT2D eigenvalue weighted by Gasteiger charge is -2.25. The quantitative estimate of drug-likeness (QED) is 0.107. The average molecular weight is 755 g/mol. The largest absolute Gasteiger partial charge is 0.368 e. The van der Waals surface area contributed by atoms with Gasteiger partial charge in [-0.3, -0.25) is 9.69 Å². The molecule has 0 radical (unpaired) electrons. The van der Waals surface area contributed by atoms with Crippen LogP contribution >= 0.6 is 0 Å². The van der Waals surface area contributed by atoms with Gasteiger partial charge in [0.2, 0.25) is 0 Å². The van der Waals surface area contributed by atoms with Crippen molar-refractivity contribution in [2.24, 2.45) is 0 Å². The lowest BCUT2D eigenvalue weighted by molar-refractivity contribution is 0.0818. The molecule has 12 heteroatoms. The van der Waals surface area contributed by atoms with Crippen molar-refractivity contribution in [3.63, 3.8) is 0 Å². The number of nitrogens with one attached hydrogen (secondary N) is 3. The normalized spacial score (nSPS) is 11.5. The highest BCUT2D eigenvalue weighted by Crippen LogP contribution is 2.27. The van der Waals surface area contributed by atoms with Crippen LogP contribution in [0.3, 0.4) is 0 Å². The van der Waals surface area contributed by atoms with Gasteiger partial charge in [-0.1, -0.05) is 76.2 Å². The molecule has 0 spiro atoms. The molecule has 0 atom stereocenters. The summed E-state index contributed by atoms with van der Waals surface area (Å²) < 4.78 is 26.8. The number of hydrogen-bond acceptors (Lipinski definition) is 8. The summed E-state index contributed by atoms with van der Waals surface area (Å²) in [5.41, 5.74) is 4.81. The fraction of sp³-hybridized carbons (Fsp3) is 0.227. The summed E-state index contributed by atoms with van der Waals surface area (Å²) in [4.78, 5) is 28.2. The molecule has 286 valence electrons. The van der Waals surface area contributed by atoms with Crippen molar-refractivity contribution in [1.29, 1.82) is 0 Å². The van der Waals surface area contributed by atoms with Crippen LogP contribution in [0, 0.1) is 11.6 Å². The molecule has 2 heterocycles. The van der Waals surface area contributed by atoms with Crippen molar-refractivity contribution in [2.75, 3.05) is 35.6 Å². The monoisotopic (exact) mass is 754 g/mol. The summed E-state index contributed by atoms with van der Waals surface area (Å²) in [6, 6.07) is 33.7. The Kier molecular flexibility index (Phi) is 11.8. The van der Waals surface area contributed by atoms with Crippen molar-refractivity contribution in [3.8, 4) is 22.5 Å². The topological polar surface area (TPSA) is 125 Å². The first-order valence-electron chi connectivity index (χ1n) is 18.3. The molecule has 0 aliphatic carbocycles. The third-order valence-corrected chi connectivity index (χ3v) is 9.62. The zero-order valence-corrected chi connectivity index (χ0v) is 32.0. The van der Waals surface area contributed by atoms with Crippen LogP contribution in [-0.2, 0) is 10.8 Å². The van der Waals surface area contributed by atoms with Crippen molar-refractivity contribution in [3.05, 3.63) is 150 Å². The number of urea groups is 1. The minimum absolute atomic E-state index is 0.140. The van der Waals surface area contributed by atoms with E-state index in [0.29, 0.717) is 52.9 Å². The van der Waals surface area contributed by atoms with Crippen LogP contribution in [-0.4, -0.2) is 56.9 Å². The molecule has 0 aliphatic rings. The van der Waals surface area contributed by atoms with E-state index in [1.807, 2.05) is 36.4 Å². The number of nitrogens with zero attached hydrogens (tertiary/aromatic N) is 5. The lowest BCUT2D eigenvalue weighted by Crippen LogP contribution is -2.39. The molecule has 2 aromatic heterocycles. The molecule has 0 saturated heterocycles. The molecule has 0 bridgehead atoms. The number of carbonyl (C=O) groups excluding carboxylic acids is 2. The molecule has 6 aromatic rings. The first-order valence-corrected chi connectivity index (χ1v) is 18.3. The van der Waals surface area contributed by atoms with Gasteiger partial charge in [-0.25, -0.2) is 13.6 Å². The van der Waals surface area contributed by atoms with E-state index in [9.17, 15) is 18.4 Å². The van der Waals surface area contributed by atoms with E-state index < -0.39 is 11.9 Å². The van der Waals surface area contributed by atoms with Crippen molar-refractivity contribution in [1.82, 2.24) is 25.3 Å². The number of carbonyl (C=O) groups is 2. The molecular formula is C44H44F2N8O2. The predicted octanol–water partition coefficient (Wildman–Crippen LogP) is 9.35. The third-order valence-electron chi connectivity index (χ3n) is 9.62. The molecule has 0 fully saturated rings. The van der Waals surface area contributed by atoms with Crippen LogP contribution in [0.25, 0.3) is 22.5 Å². The van der Waals surface area contributed by atoms with E-state index in [2.05, 4.69) is 64.0 Å². The Labute approximate surface area is 325 Å². The Bertz CT molecular complexity index is 2280. The maximum atomic E-state index is 13.6. The number of rotatable bonds is 13. The molecule has 3 amide bonds. The summed E-state index contributed by atoms with van der Waals surface area (Å²) in [6.07, 6.45) is 0. The van der Waals surface area contributed by atoms with Gasteiger partial charge in [0.15, 0.2) is 0 Å². The second-order valence-electron chi connectivity index (χ2n) is 14.7. The number of hydrogen-bond donors (Lipinski definition) is 3. The van der Waals surface area contributed by atoms with Crippen LogP contribution < -0.4 is 16.0 Å². The van der Waals surface area contributed by atoms with Crippen molar-refractivity contribution < 1.29 is 18.4 Å². The van der Waals surface area contributed by atoms with Gasteiger partial charge in [0.05, 0.1) is 11.4 Å². The fourth-order valence-corrected chi connectivity index (χ4v) is 6.08. The van der Waals surface area contributed by atoms with Gasteiger partial charge in [-0.15, -0.1) is 20.4 Å². The molecule has 10 nitrogen and oxygen atoms in total. The van der Waals surface area contributed by atoms with E-state index in [0.717, 1.165) is 21.6 Å². The summed E-state index contributed by atoms with van der Waals surface area (Å²) in [6.45, 7) is 11.2. The molecule has 6 rings (SSSR count). The van der Waals surface area contributed by atoms with Gasteiger partial charge < -0.3 is 16.0 Å². The number of halogens is 2. The first-order chi connectivity index (χ1) is 26.8. The average Bonchev–Trinajstić information content (AvgIpc) is 3.20. The zero-order valence-electron chi connectivity index (χ0n) is 32.0. The number of aromatic nitrogens is 4. The number of imide groups is 1.